The molecule has 7 nitrogen and oxygen atoms in total. The molecule has 3 fully saturated rings. The molecule has 5 rings (SSSR count). The first-order valence-corrected chi connectivity index (χ1v) is 9.71. The Kier molecular flexibility index (Phi) is 3.67. The summed E-state index contributed by atoms with van der Waals surface area (Å²) < 4.78 is 0. The number of amides is 3. The molecule has 1 aromatic rings. The summed E-state index contributed by atoms with van der Waals surface area (Å²) >= 11 is 0. The summed E-state index contributed by atoms with van der Waals surface area (Å²) in [6, 6.07) is 6.18. The minimum atomic E-state index is -0.564. The van der Waals surface area contributed by atoms with Crippen LogP contribution in [0.25, 0.3) is 0 Å². The Bertz CT molecular complexity index is 846. The first-order valence-electron chi connectivity index (χ1n) is 9.71. The van der Waals surface area contributed by atoms with E-state index >= 15 is 0 Å². The van der Waals surface area contributed by atoms with E-state index in [1.165, 1.54) is 0 Å². The number of hydrogen-bond donors (Lipinski definition) is 3. The van der Waals surface area contributed by atoms with Crippen LogP contribution in [0.4, 0.5) is 0 Å². The van der Waals surface area contributed by atoms with Crippen molar-refractivity contribution < 1.29 is 14.4 Å². The van der Waals surface area contributed by atoms with Gasteiger partial charge in [0.15, 0.2) is 0 Å². The molecule has 4 N–H and O–H groups in total. The molecule has 4 aliphatic rings. The first kappa shape index (κ1) is 16.9. The molecule has 3 amide bonds. The number of hydrogen-bond acceptors (Lipinski definition) is 5. The van der Waals surface area contributed by atoms with E-state index in [0.717, 1.165) is 30.4 Å². The van der Waals surface area contributed by atoms with Gasteiger partial charge in [-0.15, -0.1) is 0 Å². The normalized spacial score (nSPS) is 34.5. The molecule has 142 valence electrons. The van der Waals surface area contributed by atoms with Gasteiger partial charge in [0.2, 0.25) is 11.8 Å². The number of nitrogens with one attached hydrogen (secondary N) is 2. The highest BCUT2D eigenvalue weighted by Gasteiger charge is 2.59. The molecule has 2 atom stereocenters. The molecule has 0 radical (unpaired) electrons. The summed E-state index contributed by atoms with van der Waals surface area (Å²) in [4.78, 5) is 38.2. The van der Waals surface area contributed by atoms with Gasteiger partial charge in [-0.3, -0.25) is 19.7 Å². The van der Waals surface area contributed by atoms with Crippen molar-refractivity contribution in [1.29, 1.82) is 0 Å². The quantitative estimate of drug-likeness (QED) is 0.668. The van der Waals surface area contributed by atoms with Crippen LogP contribution in [-0.2, 0) is 22.7 Å². The highest BCUT2D eigenvalue weighted by atomic mass is 16.2. The van der Waals surface area contributed by atoms with Gasteiger partial charge in [0, 0.05) is 37.2 Å². The summed E-state index contributed by atoms with van der Waals surface area (Å²) in [5.41, 5.74) is 9.05. The molecule has 7 heteroatoms. The molecule has 1 saturated heterocycles. The van der Waals surface area contributed by atoms with Crippen molar-refractivity contribution in [2.45, 2.75) is 63.3 Å². The van der Waals surface area contributed by atoms with E-state index in [0.29, 0.717) is 42.6 Å². The van der Waals surface area contributed by atoms with Gasteiger partial charge in [0.05, 0.1) is 0 Å². The molecule has 2 unspecified atom stereocenters. The summed E-state index contributed by atoms with van der Waals surface area (Å²) in [5.74, 6) is -0.738. The SMILES string of the molecule is NC1CC12CC(NCc1cccc3c1C(=O)N(C1CCC(=O)NC1=O)C3)C2. The van der Waals surface area contributed by atoms with Crippen molar-refractivity contribution >= 4 is 17.7 Å². The highest BCUT2D eigenvalue weighted by Crippen LogP contribution is 2.59. The summed E-state index contributed by atoms with van der Waals surface area (Å²) in [7, 11) is 0. The van der Waals surface area contributed by atoms with E-state index in [4.69, 9.17) is 5.73 Å². The van der Waals surface area contributed by atoms with Crippen LogP contribution in [0.15, 0.2) is 18.2 Å². The van der Waals surface area contributed by atoms with Crippen molar-refractivity contribution in [2.75, 3.05) is 0 Å². The summed E-state index contributed by atoms with van der Waals surface area (Å²) in [6.07, 6.45) is 4.06. The topological polar surface area (TPSA) is 105 Å². The molecule has 0 bridgehead atoms. The summed E-state index contributed by atoms with van der Waals surface area (Å²) in [6.45, 7) is 1.07. The largest absolute Gasteiger partial charge is 0.327 e. The second-order valence-corrected chi connectivity index (χ2v) is 8.51. The zero-order chi connectivity index (χ0) is 18.8. The van der Waals surface area contributed by atoms with Gasteiger partial charge >= 0.3 is 0 Å². The zero-order valence-corrected chi connectivity index (χ0v) is 15.2. The number of nitrogens with zero attached hydrogens (tertiary/aromatic N) is 1. The lowest BCUT2D eigenvalue weighted by molar-refractivity contribution is -0.136. The van der Waals surface area contributed by atoms with Crippen LogP contribution in [0.1, 0.15) is 53.6 Å². The number of rotatable bonds is 4. The van der Waals surface area contributed by atoms with Crippen molar-refractivity contribution in [3.05, 3.63) is 34.9 Å². The number of nitrogens with two attached hydrogens (primary N) is 1. The van der Waals surface area contributed by atoms with E-state index < -0.39 is 6.04 Å². The number of piperidine rings is 1. The lowest BCUT2D eigenvalue weighted by Crippen LogP contribution is -2.52. The molecular weight excluding hydrogens is 344 g/mol. The predicted molar refractivity (Wildman–Crippen MR) is 97.4 cm³/mol. The van der Waals surface area contributed by atoms with Crippen LogP contribution in [0.2, 0.25) is 0 Å². The van der Waals surface area contributed by atoms with E-state index in [1.54, 1.807) is 4.90 Å². The third kappa shape index (κ3) is 2.68. The fourth-order valence-corrected chi connectivity index (χ4v) is 5.01. The standard InChI is InChI=1S/C20H24N4O3/c21-15-8-20(15)6-13(7-20)22-9-11-2-1-3-12-10-24(19(27)17(11)12)14-4-5-16(25)23-18(14)26/h1-3,13-15,22H,4-10,21H2,(H,23,25,26). The fraction of sp³-hybridized carbons (Fsp3) is 0.550. The molecule has 1 spiro atoms. The van der Waals surface area contributed by atoms with Crippen LogP contribution in [0.5, 0.6) is 0 Å². The van der Waals surface area contributed by atoms with Crippen molar-refractivity contribution in [3.8, 4) is 0 Å². The lowest BCUT2D eigenvalue weighted by atomic mass is 9.76. The number of carbonyl (C=O) groups excluding carboxylic acids is 3. The first-order chi connectivity index (χ1) is 13.0. The lowest BCUT2D eigenvalue weighted by Gasteiger charge is -2.37. The minimum absolute atomic E-state index is 0.105. The van der Waals surface area contributed by atoms with Crippen LogP contribution in [0.3, 0.4) is 0 Å². The molecule has 2 heterocycles. The van der Waals surface area contributed by atoms with E-state index in [9.17, 15) is 14.4 Å². The van der Waals surface area contributed by atoms with E-state index in [1.807, 2.05) is 18.2 Å². The van der Waals surface area contributed by atoms with Crippen LogP contribution in [-0.4, -0.2) is 40.7 Å². The number of benzene rings is 1. The Hall–Kier alpha value is -2.25. The highest BCUT2D eigenvalue weighted by molar-refractivity contribution is 6.05. The maximum absolute atomic E-state index is 13.0. The van der Waals surface area contributed by atoms with Gasteiger partial charge in [-0.05, 0) is 42.2 Å². The maximum atomic E-state index is 13.0. The van der Waals surface area contributed by atoms with Gasteiger partial charge in [-0.2, -0.15) is 0 Å². The Morgan fingerprint density at radius 3 is 2.70 bits per heavy atom. The van der Waals surface area contributed by atoms with Crippen molar-refractivity contribution in [2.24, 2.45) is 11.1 Å². The number of carbonyl (C=O) groups is 3. The van der Waals surface area contributed by atoms with E-state index in [-0.39, 0.29) is 24.1 Å². The molecular formula is C20H24N4O3. The third-order valence-electron chi connectivity index (χ3n) is 6.78. The Morgan fingerprint density at radius 2 is 2.00 bits per heavy atom. The van der Waals surface area contributed by atoms with Gasteiger partial charge in [0.1, 0.15) is 6.04 Å². The third-order valence-corrected chi connectivity index (χ3v) is 6.78. The van der Waals surface area contributed by atoms with Gasteiger partial charge in [0.25, 0.3) is 5.91 Å². The summed E-state index contributed by atoms with van der Waals surface area (Å²) in [5, 5.41) is 5.91. The van der Waals surface area contributed by atoms with Gasteiger partial charge in [-0.25, -0.2) is 0 Å². The average Bonchev–Trinajstić information content (AvgIpc) is 3.16. The van der Waals surface area contributed by atoms with Crippen LogP contribution in [0, 0.1) is 5.41 Å². The smallest absolute Gasteiger partial charge is 0.255 e. The van der Waals surface area contributed by atoms with Gasteiger partial charge < -0.3 is 16.0 Å². The molecule has 2 saturated carbocycles. The number of fused-ring (bicyclic) bond motifs is 1. The second kappa shape index (κ2) is 5.87. The van der Waals surface area contributed by atoms with Crippen LogP contribution >= 0.6 is 0 Å². The Labute approximate surface area is 157 Å². The second-order valence-electron chi connectivity index (χ2n) is 8.51. The number of imide groups is 1. The molecule has 2 aliphatic heterocycles. The molecule has 2 aliphatic carbocycles. The van der Waals surface area contributed by atoms with Crippen molar-refractivity contribution in [3.63, 3.8) is 0 Å². The van der Waals surface area contributed by atoms with Crippen LogP contribution < -0.4 is 16.4 Å². The fourth-order valence-electron chi connectivity index (χ4n) is 5.01. The average molecular weight is 368 g/mol. The zero-order valence-electron chi connectivity index (χ0n) is 15.2. The maximum Gasteiger partial charge on any atom is 0.255 e. The molecule has 1 aromatic carbocycles. The Morgan fingerprint density at radius 1 is 1.22 bits per heavy atom. The predicted octanol–water partition coefficient (Wildman–Crippen LogP) is 0.417. The van der Waals surface area contributed by atoms with Gasteiger partial charge in [-0.1, -0.05) is 18.2 Å². The monoisotopic (exact) mass is 368 g/mol. The van der Waals surface area contributed by atoms with E-state index in [2.05, 4.69) is 10.6 Å². The molecule has 0 aromatic heterocycles. The molecule has 27 heavy (non-hydrogen) atoms. The Balaban J connectivity index is 1.28. The minimum Gasteiger partial charge on any atom is -0.327 e. The van der Waals surface area contributed by atoms with Crippen molar-refractivity contribution in [1.82, 2.24) is 15.5 Å².